The molecule has 2 fully saturated rings. The van der Waals surface area contributed by atoms with Crippen LogP contribution in [0, 0.1) is 11.7 Å². The first-order valence-electron chi connectivity index (χ1n) is 9.95. The van der Waals surface area contributed by atoms with Crippen LogP contribution in [0.3, 0.4) is 0 Å². The van der Waals surface area contributed by atoms with Gasteiger partial charge in [-0.1, -0.05) is 19.3 Å². The molecule has 0 radical (unpaired) electrons. The van der Waals surface area contributed by atoms with Crippen LogP contribution in [0.15, 0.2) is 29.2 Å². The summed E-state index contributed by atoms with van der Waals surface area (Å²) in [4.78, 5) is 25.3. The van der Waals surface area contributed by atoms with Crippen molar-refractivity contribution in [3.63, 3.8) is 0 Å². The lowest BCUT2D eigenvalue weighted by Crippen LogP contribution is -2.58. The zero-order valence-electron chi connectivity index (χ0n) is 16.5. The van der Waals surface area contributed by atoms with E-state index in [1.807, 2.05) is 0 Å². The number of carbonyl (C=O) groups is 2. The number of sulfonamides is 1. The van der Waals surface area contributed by atoms with E-state index < -0.39 is 33.3 Å². The highest BCUT2D eigenvalue weighted by Gasteiger charge is 2.44. The summed E-state index contributed by atoms with van der Waals surface area (Å²) in [5.74, 6) is -1.84. The van der Waals surface area contributed by atoms with E-state index in [0.717, 1.165) is 31.4 Å². The molecule has 1 aliphatic heterocycles. The van der Waals surface area contributed by atoms with E-state index in [9.17, 15) is 22.4 Å². The summed E-state index contributed by atoms with van der Waals surface area (Å²) in [6.07, 6.45) is 4.77. The standard InChI is InChI=1S/C20H27FN2O5S/c1-28-19(25)20(11-3-2-4-12-20)22-18(24)15-6-5-13-23(14-15)29(26,27)17-9-7-16(21)8-10-17/h7-10,15H,2-6,11-14H2,1H3,(H,22,24). The molecular weight excluding hydrogens is 399 g/mol. The van der Waals surface area contributed by atoms with E-state index >= 15 is 0 Å². The number of benzene rings is 1. The smallest absolute Gasteiger partial charge is 0.331 e. The lowest BCUT2D eigenvalue weighted by Gasteiger charge is -2.38. The minimum atomic E-state index is -3.82. The van der Waals surface area contributed by atoms with Crippen LogP contribution in [0.1, 0.15) is 44.9 Å². The molecule has 1 aromatic rings. The number of ether oxygens (including phenoxy) is 1. The van der Waals surface area contributed by atoms with E-state index in [2.05, 4.69) is 5.32 Å². The normalized spacial score (nSPS) is 22.6. The number of hydrogen-bond donors (Lipinski definition) is 1. The Kier molecular flexibility index (Phi) is 6.58. The van der Waals surface area contributed by atoms with Crippen LogP contribution in [-0.4, -0.2) is 50.3 Å². The van der Waals surface area contributed by atoms with Gasteiger partial charge in [0.15, 0.2) is 0 Å². The average molecular weight is 427 g/mol. The molecule has 1 N–H and O–H groups in total. The molecule has 1 aromatic carbocycles. The van der Waals surface area contributed by atoms with Gasteiger partial charge in [-0.05, 0) is 49.9 Å². The fourth-order valence-corrected chi connectivity index (χ4v) is 5.72. The van der Waals surface area contributed by atoms with Crippen molar-refractivity contribution in [3.05, 3.63) is 30.1 Å². The quantitative estimate of drug-likeness (QED) is 0.729. The molecule has 7 nitrogen and oxygen atoms in total. The molecule has 1 saturated heterocycles. The Balaban J connectivity index is 1.73. The third-order valence-corrected chi connectivity index (χ3v) is 7.73. The van der Waals surface area contributed by atoms with Crippen molar-refractivity contribution in [2.45, 2.75) is 55.4 Å². The third kappa shape index (κ3) is 4.61. The second kappa shape index (κ2) is 8.79. The summed E-state index contributed by atoms with van der Waals surface area (Å²) < 4.78 is 45.1. The second-order valence-electron chi connectivity index (χ2n) is 7.78. The highest BCUT2D eigenvalue weighted by molar-refractivity contribution is 7.89. The van der Waals surface area contributed by atoms with E-state index in [1.165, 1.54) is 23.5 Å². The van der Waals surface area contributed by atoms with Gasteiger partial charge in [-0.3, -0.25) is 4.79 Å². The molecule has 2 aliphatic rings. The lowest BCUT2D eigenvalue weighted by molar-refractivity contribution is -0.153. The molecular formula is C20H27FN2O5S. The largest absolute Gasteiger partial charge is 0.467 e. The fourth-order valence-electron chi connectivity index (χ4n) is 4.20. The fraction of sp³-hybridized carbons (Fsp3) is 0.600. The van der Waals surface area contributed by atoms with E-state index in [4.69, 9.17) is 4.74 Å². The molecule has 1 amide bonds. The number of piperidine rings is 1. The summed E-state index contributed by atoms with van der Waals surface area (Å²) in [6.45, 7) is 0.328. The Bertz CT molecular complexity index is 850. The predicted octanol–water partition coefficient (Wildman–Crippen LogP) is 2.22. The number of hydrogen-bond acceptors (Lipinski definition) is 5. The van der Waals surface area contributed by atoms with Crippen molar-refractivity contribution < 1.29 is 27.1 Å². The Morgan fingerprint density at radius 3 is 2.41 bits per heavy atom. The zero-order valence-corrected chi connectivity index (χ0v) is 17.3. The minimum Gasteiger partial charge on any atom is -0.467 e. The van der Waals surface area contributed by atoms with E-state index in [1.54, 1.807) is 0 Å². The molecule has 1 unspecified atom stereocenters. The Morgan fingerprint density at radius 2 is 1.79 bits per heavy atom. The number of nitrogens with one attached hydrogen (secondary N) is 1. The lowest BCUT2D eigenvalue weighted by atomic mass is 9.81. The number of nitrogens with zero attached hydrogens (tertiary/aromatic N) is 1. The first-order valence-corrected chi connectivity index (χ1v) is 11.4. The monoisotopic (exact) mass is 426 g/mol. The average Bonchev–Trinajstić information content (AvgIpc) is 2.74. The number of halogens is 1. The number of rotatable bonds is 5. The van der Waals surface area contributed by atoms with Gasteiger partial charge in [0.1, 0.15) is 11.4 Å². The van der Waals surface area contributed by atoms with Crippen LogP contribution in [-0.2, 0) is 24.3 Å². The molecule has 0 spiro atoms. The third-order valence-electron chi connectivity index (χ3n) is 5.85. The molecule has 1 atom stereocenters. The van der Waals surface area contributed by atoms with E-state index in [-0.39, 0.29) is 17.3 Å². The van der Waals surface area contributed by atoms with Gasteiger partial charge in [0.25, 0.3) is 0 Å². The molecule has 29 heavy (non-hydrogen) atoms. The number of methoxy groups -OCH3 is 1. The van der Waals surface area contributed by atoms with Crippen molar-refractivity contribution in [1.29, 1.82) is 0 Å². The SMILES string of the molecule is COC(=O)C1(NC(=O)C2CCCN(S(=O)(=O)c3ccc(F)cc3)C2)CCCCC1. The molecule has 0 aromatic heterocycles. The zero-order chi connectivity index (χ0) is 21.1. The summed E-state index contributed by atoms with van der Waals surface area (Å²) in [5, 5.41) is 2.89. The van der Waals surface area contributed by atoms with Gasteiger partial charge in [0.05, 0.1) is 17.9 Å². The molecule has 0 bridgehead atoms. The predicted molar refractivity (Wildman–Crippen MR) is 104 cm³/mol. The number of esters is 1. The van der Waals surface area contributed by atoms with Crippen LogP contribution in [0.4, 0.5) is 4.39 Å². The first-order chi connectivity index (χ1) is 13.8. The van der Waals surface area contributed by atoms with Crippen molar-refractivity contribution in [2.75, 3.05) is 20.2 Å². The number of amides is 1. The molecule has 1 heterocycles. The summed E-state index contributed by atoms with van der Waals surface area (Å²) in [5.41, 5.74) is -1.03. The van der Waals surface area contributed by atoms with Gasteiger partial charge < -0.3 is 10.1 Å². The minimum absolute atomic E-state index is 0.00160. The highest BCUT2D eigenvalue weighted by Crippen LogP contribution is 2.31. The van der Waals surface area contributed by atoms with Crippen molar-refractivity contribution >= 4 is 21.9 Å². The maximum absolute atomic E-state index is 13.1. The molecule has 1 saturated carbocycles. The maximum Gasteiger partial charge on any atom is 0.331 e. The van der Waals surface area contributed by atoms with Gasteiger partial charge in [-0.15, -0.1) is 0 Å². The molecule has 1 aliphatic carbocycles. The van der Waals surface area contributed by atoms with Crippen LogP contribution in [0.5, 0.6) is 0 Å². The summed E-state index contributed by atoms with van der Waals surface area (Å²) >= 11 is 0. The highest BCUT2D eigenvalue weighted by atomic mass is 32.2. The van der Waals surface area contributed by atoms with Crippen LogP contribution in [0.25, 0.3) is 0 Å². The van der Waals surface area contributed by atoms with Gasteiger partial charge in [-0.2, -0.15) is 4.31 Å². The topological polar surface area (TPSA) is 92.8 Å². The Morgan fingerprint density at radius 1 is 1.14 bits per heavy atom. The Hall–Kier alpha value is -2.00. The van der Waals surface area contributed by atoms with Gasteiger partial charge in [-0.25, -0.2) is 17.6 Å². The molecule has 160 valence electrons. The van der Waals surface area contributed by atoms with E-state index in [0.29, 0.717) is 32.2 Å². The first kappa shape index (κ1) is 21.7. The van der Waals surface area contributed by atoms with Crippen LogP contribution < -0.4 is 5.32 Å². The van der Waals surface area contributed by atoms with Crippen LogP contribution >= 0.6 is 0 Å². The van der Waals surface area contributed by atoms with Crippen molar-refractivity contribution in [3.8, 4) is 0 Å². The molecule has 9 heteroatoms. The Labute approximate surface area is 170 Å². The van der Waals surface area contributed by atoms with Crippen molar-refractivity contribution in [1.82, 2.24) is 9.62 Å². The number of carbonyl (C=O) groups excluding carboxylic acids is 2. The van der Waals surface area contributed by atoms with Crippen molar-refractivity contribution in [2.24, 2.45) is 5.92 Å². The van der Waals surface area contributed by atoms with Crippen LogP contribution in [0.2, 0.25) is 0 Å². The maximum atomic E-state index is 13.1. The second-order valence-corrected chi connectivity index (χ2v) is 9.72. The van der Waals surface area contributed by atoms with Gasteiger partial charge in [0.2, 0.25) is 15.9 Å². The van der Waals surface area contributed by atoms with Gasteiger partial charge >= 0.3 is 5.97 Å². The van der Waals surface area contributed by atoms with Gasteiger partial charge in [0, 0.05) is 13.1 Å². The summed E-state index contributed by atoms with van der Waals surface area (Å²) in [7, 11) is -2.51. The molecule has 3 rings (SSSR count). The summed E-state index contributed by atoms with van der Waals surface area (Å²) in [6, 6.07) is 4.65.